The van der Waals surface area contributed by atoms with Crippen LogP contribution < -0.4 is 5.01 Å². The van der Waals surface area contributed by atoms with Crippen LogP contribution in [0.15, 0.2) is 48.7 Å². The average molecular weight is 373 g/mol. The number of rotatable bonds is 2. The van der Waals surface area contributed by atoms with Gasteiger partial charge in [0.05, 0.1) is 5.69 Å². The first-order valence-electron chi connectivity index (χ1n) is 10.8. The Kier molecular flexibility index (Phi) is 3.54. The van der Waals surface area contributed by atoms with E-state index in [2.05, 4.69) is 100 Å². The van der Waals surface area contributed by atoms with Crippen LogP contribution in [0, 0.1) is 0 Å². The quantitative estimate of drug-likeness (QED) is 0.602. The summed E-state index contributed by atoms with van der Waals surface area (Å²) in [4.78, 5) is 0. The zero-order valence-electron chi connectivity index (χ0n) is 18.1. The molecule has 0 saturated carbocycles. The molecular formula is C26H32N2. The van der Waals surface area contributed by atoms with Gasteiger partial charge in [-0.15, -0.1) is 0 Å². The predicted molar refractivity (Wildman–Crippen MR) is 119 cm³/mol. The van der Waals surface area contributed by atoms with E-state index < -0.39 is 0 Å². The lowest BCUT2D eigenvalue weighted by Crippen LogP contribution is -2.65. The first-order valence-corrected chi connectivity index (χ1v) is 10.8. The fourth-order valence-electron chi connectivity index (χ4n) is 6.15. The summed E-state index contributed by atoms with van der Waals surface area (Å²) >= 11 is 0. The molecule has 2 aromatic rings. The third kappa shape index (κ3) is 1.88. The van der Waals surface area contributed by atoms with Gasteiger partial charge >= 0.3 is 0 Å². The van der Waals surface area contributed by atoms with E-state index in [1.807, 2.05) is 0 Å². The Morgan fingerprint density at radius 1 is 0.857 bits per heavy atom. The molecule has 0 aromatic heterocycles. The van der Waals surface area contributed by atoms with Crippen molar-refractivity contribution >= 4 is 5.69 Å². The van der Waals surface area contributed by atoms with Gasteiger partial charge in [-0.25, -0.2) is 5.01 Å². The molecule has 2 atom stereocenters. The van der Waals surface area contributed by atoms with Crippen molar-refractivity contribution in [2.45, 2.75) is 70.8 Å². The summed E-state index contributed by atoms with van der Waals surface area (Å²) in [6.45, 7) is 15.4. The molecule has 2 aromatic carbocycles. The lowest BCUT2D eigenvalue weighted by atomic mass is 9.62. The first kappa shape index (κ1) is 18.0. The number of hydrazine groups is 1. The maximum absolute atomic E-state index is 2.60. The smallest absolute Gasteiger partial charge is 0.0615 e. The first-order chi connectivity index (χ1) is 13.3. The summed E-state index contributed by atoms with van der Waals surface area (Å²) in [6.07, 6.45) is 6.86. The molecule has 0 bridgehead atoms. The van der Waals surface area contributed by atoms with Crippen molar-refractivity contribution in [1.82, 2.24) is 5.01 Å². The summed E-state index contributed by atoms with van der Waals surface area (Å²) in [5.41, 5.74) is 8.91. The fraction of sp³-hybridized carbons (Fsp3) is 0.462. The van der Waals surface area contributed by atoms with Crippen LogP contribution in [0.5, 0.6) is 0 Å². The van der Waals surface area contributed by atoms with Gasteiger partial charge < -0.3 is 0 Å². The minimum Gasteiger partial charge on any atom is -0.281 e. The third-order valence-corrected chi connectivity index (χ3v) is 8.48. The molecule has 0 N–H and O–H groups in total. The van der Waals surface area contributed by atoms with E-state index in [4.69, 9.17) is 0 Å². The maximum atomic E-state index is 2.60. The normalized spacial score (nSPS) is 29.4. The lowest BCUT2D eigenvalue weighted by Gasteiger charge is -2.59. The van der Waals surface area contributed by atoms with Crippen molar-refractivity contribution in [1.29, 1.82) is 0 Å². The largest absolute Gasteiger partial charge is 0.281 e. The van der Waals surface area contributed by atoms with Gasteiger partial charge in [0.2, 0.25) is 0 Å². The Balaban J connectivity index is 1.84. The molecule has 5 rings (SSSR count). The molecule has 0 spiro atoms. The van der Waals surface area contributed by atoms with Crippen LogP contribution in [0.3, 0.4) is 0 Å². The third-order valence-electron chi connectivity index (χ3n) is 8.48. The van der Waals surface area contributed by atoms with Crippen LogP contribution in [-0.4, -0.2) is 17.1 Å². The van der Waals surface area contributed by atoms with Crippen LogP contribution in [0.2, 0.25) is 0 Å². The number of anilines is 1. The second-order valence-corrected chi connectivity index (χ2v) is 9.71. The van der Waals surface area contributed by atoms with Crippen molar-refractivity contribution in [2.24, 2.45) is 0 Å². The monoisotopic (exact) mass is 372 g/mol. The van der Waals surface area contributed by atoms with Crippen molar-refractivity contribution in [3.05, 3.63) is 65.4 Å². The fourth-order valence-corrected chi connectivity index (χ4v) is 6.15. The number of fused-ring (bicyclic) bond motifs is 6. The van der Waals surface area contributed by atoms with Gasteiger partial charge in [-0.1, -0.05) is 65.0 Å². The van der Waals surface area contributed by atoms with E-state index in [1.54, 1.807) is 0 Å². The highest BCUT2D eigenvalue weighted by Crippen LogP contribution is 2.57. The Hall–Kier alpha value is -2.06. The molecule has 0 amide bonds. The number of hydrogen-bond acceptors (Lipinski definition) is 2. The Morgan fingerprint density at radius 3 is 2.32 bits per heavy atom. The highest BCUT2D eigenvalue weighted by Gasteiger charge is 2.55. The van der Waals surface area contributed by atoms with E-state index in [9.17, 15) is 0 Å². The maximum Gasteiger partial charge on any atom is 0.0615 e. The van der Waals surface area contributed by atoms with E-state index in [0.29, 0.717) is 0 Å². The number of hydrogen-bond donors (Lipinski definition) is 0. The SMILES string of the molecule is CCC1(C)c2cc3c(cc2N2C=CCN2[C@]1(C)CC)C(C)(C)c1ccccc1-3. The predicted octanol–water partition coefficient (Wildman–Crippen LogP) is 6.39. The van der Waals surface area contributed by atoms with Crippen molar-refractivity contribution in [3.63, 3.8) is 0 Å². The Morgan fingerprint density at radius 2 is 1.61 bits per heavy atom. The van der Waals surface area contributed by atoms with Crippen LogP contribution in [0.1, 0.15) is 71.1 Å². The van der Waals surface area contributed by atoms with Gasteiger partial charge in [0.25, 0.3) is 0 Å². The molecular weight excluding hydrogens is 340 g/mol. The standard InChI is InChI=1S/C26H32N2/c1-7-25(5)22-16-19-18-12-9-10-13-20(18)24(3,4)21(19)17-23(22)27-14-11-15-28(27)26(25,6)8-2/h9-14,16-17H,7-8,15H2,1-6H3/t25?,26-/m1/s1. The van der Waals surface area contributed by atoms with Crippen LogP contribution in [-0.2, 0) is 10.8 Å². The highest BCUT2D eigenvalue weighted by atomic mass is 15.7. The molecule has 2 nitrogen and oxygen atoms in total. The molecule has 2 heteroatoms. The van der Waals surface area contributed by atoms with Crippen molar-refractivity contribution < 1.29 is 0 Å². The van der Waals surface area contributed by atoms with E-state index >= 15 is 0 Å². The molecule has 2 heterocycles. The molecule has 0 fully saturated rings. The summed E-state index contributed by atoms with van der Waals surface area (Å²) in [5.74, 6) is 0. The average Bonchev–Trinajstić information content (AvgIpc) is 3.28. The molecule has 1 unspecified atom stereocenters. The van der Waals surface area contributed by atoms with Gasteiger partial charge in [0.15, 0.2) is 0 Å². The molecule has 28 heavy (non-hydrogen) atoms. The van der Waals surface area contributed by atoms with Crippen molar-refractivity contribution in [2.75, 3.05) is 11.6 Å². The van der Waals surface area contributed by atoms with E-state index in [0.717, 1.165) is 19.4 Å². The molecule has 3 aliphatic rings. The van der Waals surface area contributed by atoms with Crippen LogP contribution in [0.4, 0.5) is 5.69 Å². The summed E-state index contributed by atoms with van der Waals surface area (Å²) < 4.78 is 0. The summed E-state index contributed by atoms with van der Waals surface area (Å²) in [6, 6.07) is 14.0. The van der Waals surface area contributed by atoms with Crippen LogP contribution in [0.25, 0.3) is 11.1 Å². The molecule has 2 aliphatic heterocycles. The van der Waals surface area contributed by atoms with E-state index in [1.165, 1.54) is 33.5 Å². The van der Waals surface area contributed by atoms with E-state index in [-0.39, 0.29) is 16.4 Å². The summed E-state index contributed by atoms with van der Waals surface area (Å²) in [7, 11) is 0. The molecule has 0 radical (unpaired) electrons. The topological polar surface area (TPSA) is 6.48 Å². The minimum atomic E-state index is 0.0450. The van der Waals surface area contributed by atoms with Gasteiger partial charge in [0, 0.05) is 29.1 Å². The highest BCUT2D eigenvalue weighted by molar-refractivity contribution is 5.85. The molecule has 1 aliphatic carbocycles. The van der Waals surface area contributed by atoms with Gasteiger partial charge in [-0.2, -0.15) is 0 Å². The summed E-state index contributed by atoms with van der Waals surface area (Å²) in [5, 5.41) is 5.04. The molecule has 0 saturated heterocycles. The van der Waals surface area contributed by atoms with Crippen LogP contribution >= 0.6 is 0 Å². The Labute approximate surface area is 169 Å². The number of nitrogens with zero attached hydrogens (tertiary/aromatic N) is 2. The number of benzene rings is 2. The zero-order valence-corrected chi connectivity index (χ0v) is 18.1. The lowest BCUT2D eigenvalue weighted by molar-refractivity contribution is 0.0262. The second-order valence-electron chi connectivity index (χ2n) is 9.71. The van der Waals surface area contributed by atoms with Crippen molar-refractivity contribution in [3.8, 4) is 11.1 Å². The Bertz CT molecular complexity index is 1000. The van der Waals surface area contributed by atoms with Gasteiger partial charge in [0.1, 0.15) is 0 Å². The molecule has 146 valence electrons. The zero-order chi connectivity index (χ0) is 19.9. The van der Waals surface area contributed by atoms with Gasteiger partial charge in [-0.05, 0) is 59.7 Å². The minimum absolute atomic E-state index is 0.0450. The van der Waals surface area contributed by atoms with Gasteiger partial charge in [-0.3, -0.25) is 5.01 Å². The second kappa shape index (κ2) is 5.51.